The first-order valence-electron chi connectivity index (χ1n) is 8.45. The normalized spacial score (nSPS) is 21.9. The van der Waals surface area contributed by atoms with E-state index in [0.29, 0.717) is 6.04 Å². The predicted molar refractivity (Wildman–Crippen MR) is 87.5 cm³/mol. The summed E-state index contributed by atoms with van der Waals surface area (Å²) in [5, 5.41) is 3.81. The van der Waals surface area contributed by atoms with E-state index < -0.39 is 0 Å². The highest BCUT2D eigenvalue weighted by atomic mass is 15.2. The second-order valence-corrected chi connectivity index (χ2v) is 6.54. The van der Waals surface area contributed by atoms with Crippen LogP contribution >= 0.6 is 0 Å². The molecule has 110 valence electrons. The van der Waals surface area contributed by atoms with Gasteiger partial charge in [-0.05, 0) is 57.1 Å². The van der Waals surface area contributed by atoms with E-state index in [9.17, 15) is 0 Å². The van der Waals surface area contributed by atoms with Crippen molar-refractivity contribution in [2.75, 3.05) is 23.3 Å². The molecule has 1 N–H and O–H groups in total. The van der Waals surface area contributed by atoms with Crippen LogP contribution in [-0.4, -0.2) is 19.1 Å². The van der Waals surface area contributed by atoms with Crippen LogP contribution in [-0.2, 0) is 0 Å². The Morgan fingerprint density at radius 1 is 1.00 bits per heavy atom. The van der Waals surface area contributed by atoms with Gasteiger partial charge in [0.1, 0.15) is 0 Å². The Balaban J connectivity index is 1.71. The molecule has 1 aliphatic heterocycles. The van der Waals surface area contributed by atoms with Crippen LogP contribution in [0.2, 0.25) is 0 Å². The molecule has 3 rings (SSSR count). The topological polar surface area (TPSA) is 15.3 Å². The number of nitrogens with zero attached hydrogens (tertiary/aromatic N) is 1. The molecule has 1 unspecified atom stereocenters. The van der Waals surface area contributed by atoms with Gasteiger partial charge in [-0.2, -0.15) is 0 Å². The van der Waals surface area contributed by atoms with E-state index in [0.717, 1.165) is 5.92 Å². The summed E-state index contributed by atoms with van der Waals surface area (Å²) in [4.78, 5) is 2.56. The van der Waals surface area contributed by atoms with Crippen molar-refractivity contribution in [2.45, 2.75) is 57.9 Å². The molecule has 1 atom stereocenters. The minimum Gasteiger partial charge on any atom is -0.381 e. The number of hydrogen-bond acceptors (Lipinski definition) is 2. The summed E-state index contributed by atoms with van der Waals surface area (Å²) in [6, 6.07) is 9.49. The minimum absolute atomic E-state index is 0.600. The molecule has 2 nitrogen and oxygen atoms in total. The molecule has 0 aromatic heterocycles. The van der Waals surface area contributed by atoms with Gasteiger partial charge < -0.3 is 10.2 Å². The third-order valence-electron chi connectivity index (χ3n) is 5.09. The van der Waals surface area contributed by atoms with E-state index in [1.165, 1.54) is 69.4 Å². The highest BCUT2D eigenvalue weighted by molar-refractivity contribution is 5.70. The van der Waals surface area contributed by atoms with Crippen molar-refractivity contribution in [3.05, 3.63) is 24.3 Å². The summed E-state index contributed by atoms with van der Waals surface area (Å²) >= 11 is 0. The number of anilines is 2. The lowest BCUT2D eigenvalue weighted by Gasteiger charge is -2.32. The Bertz CT molecular complexity index is 417. The molecule has 0 radical (unpaired) electrons. The fourth-order valence-corrected chi connectivity index (χ4v) is 3.83. The molecule has 2 heteroatoms. The summed E-state index contributed by atoms with van der Waals surface area (Å²) in [5.74, 6) is 0.865. The van der Waals surface area contributed by atoms with E-state index in [1.54, 1.807) is 0 Å². The van der Waals surface area contributed by atoms with Crippen LogP contribution in [0.3, 0.4) is 0 Å². The van der Waals surface area contributed by atoms with Gasteiger partial charge in [0.15, 0.2) is 0 Å². The zero-order valence-electron chi connectivity index (χ0n) is 12.8. The number of piperidine rings is 1. The zero-order chi connectivity index (χ0) is 13.8. The van der Waals surface area contributed by atoms with E-state index in [1.807, 2.05) is 0 Å². The lowest BCUT2D eigenvalue weighted by molar-refractivity contribution is 0.482. The zero-order valence-corrected chi connectivity index (χ0v) is 12.8. The lowest BCUT2D eigenvalue weighted by Crippen LogP contribution is -2.31. The van der Waals surface area contributed by atoms with Crippen molar-refractivity contribution in [1.82, 2.24) is 0 Å². The molecule has 20 heavy (non-hydrogen) atoms. The second kappa shape index (κ2) is 6.51. The van der Waals surface area contributed by atoms with E-state index in [-0.39, 0.29) is 0 Å². The van der Waals surface area contributed by atoms with Crippen molar-refractivity contribution in [3.63, 3.8) is 0 Å². The van der Waals surface area contributed by atoms with Gasteiger partial charge in [0.25, 0.3) is 0 Å². The van der Waals surface area contributed by atoms with Gasteiger partial charge >= 0.3 is 0 Å². The van der Waals surface area contributed by atoms with Crippen LogP contribution in [0.4, 0.5) is 11.4 Å². The number of hydrogen-bond donors (Lipinski definition) is 1. The molecule has 1 aliphatic carbocycles. The molecule has 2 fully saturated rings. The Morgan fingerprint density at radius 3 is 2.45 bits per heavy atom. The Hall–Kier alpha value is -1.18. The summed E-state index contributed by atoms with van der Waals surface area (Å²) in [5.41, 5.74) is 2.76. The van der Waals surface area contributed by atoms with Gasteiger partial charge in [-0.1, -0.05) is 25.0 Å². The third-order valence-corrected chi connectivity index (χ3v) is 5.09. The average molecular weight is 272 g/mol. The molecule has 1 saturated carbocycles. The fraction of sp³-hybridized carbons (Fsp3) is 0.667. The van der Waals surface area contributed by atoms with Gasteiger partial charge in [-0.15, -0.1) is 0 Å². The van der Waals surface area contributed by atoms with Crippen LogP contribution in [0.1, 0.15) is 51.9 Å². The van der Waals surface area contributed by atoms with Crippen LogP contribution in [0.15, 0.2) is 24.3 Å². The van der Waals surface area contributed by atoms with Crippen molar-refractivity contribution in [2.24, 2.45) is 5.92 Å². The molecule has 0 amide bonds. The maximum Gasteiger partial charge on any atom is 0.0602 e. The van der Waals surface area contributed by atoms with Crippen molar-refractivity contribution < 1.29 is 0 Å². The standard InChI is InChI=1S/C18H28N2/c1-15(16-9-3-4-10-16)19-17-11-5-6-12-18(17)20-13-7-2-8-14-20/h5-6,11-12,15-16,19H,2-4,7-10,13-14H2,1H3. The first-order chi connectivity index (χ1) is 9.84. The average Bonchev–Trinajstić information content (AvgIpc) is 3.03. The van der Waals surface area contributed by atoms with Gasteiger partial charge in [-0.25, -0.2) is 0 Å². The fourth-order valence-electron chi connectivity index (χ4n) is 3.83. The van der Waals surface area contributed by atoms with E-state index >= 15 is 0 Å². The van der Waals surface area contributed by atoms with Crippen LogP contribution in [0.25, 0.3) is 0 Å². The molecule has 2 aliphatic rings. The largest absolute Gasteiger partial charge is 0.381 e. The molecule has 1 heterocycles. The highest BCUT2D eigenvalue weighted by Gasteiger charge is 2.22. The summed E-state index contributed by atoms with van der Waals surface area (Å²) in [6.45, 7) is 4.80. The predicted octanol–water partition coefficient (Wildman–Crippen LogP) is 4.67. The molecular formula is C18H28N2. The van der Waals surface area contributed by atoms with Crippen LogP contribution < -0.4 is 10.2 Å². The maximum absolute atomic E-state index is 3.81. The monoisotopic (exact) mass is 272 g/mol. The number of nitrogens with one attached hydrogen (secondary N) is 1. The van der Waals surface area contributed by atoms with E-state index in [4.69, 9.17) is 0 Å². The van der Waals surface area contributed by atoms with E-state index in [2.05, 4.69) is 41.4 Å². The van der Waals surface area contributed by atoms with Crippen molar-refractivity contribution >= 4 is 11.4 Å². The van der Waals surface area contributed by atoms with Gasteiger partial charge in [-0.3, -0.25) is 0 Å². The molecular weight excluding hydrogens is 244 g/mol. The smallest absolute Gasteiger partial charge is 0.0602 e. The SMILES string of the molecule is CC(Nc1ccccc1N1CCCCC1)C1CCCC1. The Morgan fingerprint density at radius 2 is 1.70 bits per heavy atom. The summed E-state index contributed by atoms with van der Waals surface area (Å²) in [6.07, 6.45) is 9.72. The lowest BCUT2D eigenvalue weighted by atomic mass is 9.99. The van der Waals surface area contributed by atoms with Crippen LogP contribution in [0, 0.1) is 5.92 Å². The van der Waals surface area contributed by atoms with Gasteiger partial charge in [0, 0.05) is 19.1 Å². The highest BCUT2D eigenvalue weighted by Crippen LogP contribution is 2.33. The Kier molecular flexibility index (Phi) is 4.49. The van der Waals surface area contributed by atoms with Gasteiger partial charge in [0.2, 0.25) is 0 Å². The third kappa shape index (κ3) is 3.11. The maximum atomic E-state index is 3.81. The van der Waals surface area contributed by atoms with Gasteiger partial charge in [0.05, 0.1) is 11.4 Å². The molecule has 0 spiro atoms. The molecule has 1 aromatic rings. The molecule has 1 aromatic carbocycles. The van der Waals surface area contributed by atoms with Crippen molar-refractivity contribution in [1.29, 1.82) is 0 Å². The second-order valence-electron chi connectivity index (χ2n) is 6.54. The minimum atomic E-state index is 0.600. The first-order valence-corrected chi connectivity index (χ1v) is 8.45. The summed E-state index contributed by atoms with van der Waals surface area (Å²) < 4.78 is 0. The first kappa shape index (κ1) is 13.8. The quantitative estimate of drug-likeness (QED) is 0.857. The van der Waals surface area contributed by atoms with Crippen molar-refractivity contribution in [3.8, 4) is 0 Å². The van der Waals surface area contributed by atoms with Crippen LogP contribution in [0.5, 0.6) is 0 Å². The number of rotatable bonds is 4. The molecule has 0 bridgehead atoms. The Labute approximate surface area is 123 Å². The molecule has 1 saturated heterocycles. The number of para-hydroxylation sites is 2. The number of benzene rings is 1. The summed E-state index contributed by atoms with van der Waals surface area (Å²) in [7, 11) is 0.